The van der Waals surface area contributed by atoms with Gasteiger partial charge in [0, 0.05) is 12.5 Å². The molecule has 84 valence electrons. The van der Waals surface area contributed by atoms with Crippen LogP contribution in [0.1, 0.15) is 17.9 Å². The number of ether oxygens (including phenoxy) is 1. The van der Waals surface area contributed by atoms with Gasteiger partial charge in [0.15, 0.2) is 0 Å². The predicted molar refractivity (Wildman–Crippen MR) is 62.4 cm³/mol. The number of likely N-dealkylation sites (tertiary alicyclic amines) is 1. The molecular weight excluding hydrogens is 200 g/mol. The molecule has 1 saturated heterocycles. The average Bonchev–Trinajstić information content (AvgIpc) is 2.78. The van der Waals surface area contributed by atoms with Crippen LogP contribution in [0.3, 0.4) is 0 Å². The highest BCUT2D eigenvalue weighted by Crippen LogP contribution is 2.32. The normalized spacial score (nSPS) is 20.6. The quantitative estimate of drug-likeness (QED) is 0.725. The smallest absolute Gasteiger partial charge is 0.122 e. The molecule has 1 atom stereocenters. The summed E-state index contributed by atoms with van der Waals surface area (Å²) in [5.41, 5.74) is 1.27. The molecule has 16 heavy (non-hydrogen) atoms. The molecule has 0 aliphatic carbocycles. The van der Waals surface area contributed by atoms with Gasteiger partial charge in [-0.25, -0.2) is 0 Å². The lowest BCUT2D eigenvalue weighted by atomic mass is 9.97. The van der Waals surface area contributed by atoms with Gasteiger partial charge in [-0.15, -0.1) is 0 Å². The van der Waals surface area contributed by atoms with Crippen molar-refractivity contribution in [3.8, 4) is 11.8 Å². The van der Waals surface area contributed by atoms with E-state index < -0.39 is 0 Å². The highest BCUT2D eigenvalue weighted by atomic mass is 16.5. The van der Waals surface area contributed by atoms with Crippen molar-refractivity contribution in [1.29, 1.82) is 5.26 Å². The van der Waals surface area contributed by atoms with E-state index in [1.54, 1.807) is 7.11 Å². The minimum absolute atomic E-state index is 0.504. The zero-order chi connectivity index (χ0) is 11.4. The fourth-order valence-corrected chi connectivity index (χ4v) is 2.33. The highest BCUT2D eigenvalue weighted by Gasteiger charge is 2.25. The van der Waals surface area contributed by atoms with Gasteiger partial charge in [-0.1, -0.05) is 18.2 Å². The van der Waals surface area contributed by atoms with Crippen molar-refractivity contribution in [1.82, 2.24) is 4.90 Å². The van der Waals surface area contributed by atoms with Gasteiger partial charge < -0.3 is 4.74 Å². The van der Waals surface area contributed by atoms with E-state index in [0.717, 1.165) is 25.3 Å². The first kappa shape index (κ1) is 11.0. The lowest BCUT2D eigenvalue weighted by Gasteiger charge is -2.15. The highest BCUT2D eigenvalue weighted by molar-refractivity contribution is 5.37. The van der Waals surface area contributed by atoms with E-state index in [4.69, 9.17) is 10.00 Å². The molecule has 3 nitrogen and oxygen atoms in total. The fourth-order valence-electron chi connectivity index (χ4n) is 2.33. The van der Waals surface area contributed by atoms with Crippen molar-refractivity contribution < 1.29 is 4.74 Å². The number of benzene rings is 1. The molecule has 1 unspecified atom stereocenters. The molecule has 0 N–H and O–H groups in total. The van der Waals surface area contributed by atoms with Gasteiger partial charge in [0.05, 0.1) is 19.7 Å². The van der Waals surface area contributed by atoms with E-state index in [2.05, 4.69) is 17.0 Å². The Bertz CT molecular complexity index is 397. The third-order valence-corrected chi connectivity index (χ3v) is 3.15. The summed E-state index contributed by atoms with van der Waals surface area (Å²) >= 11 is 0. The summed E-state index contributed by atoms with van der Waals surface area (Å²) in [4.78, 5) is 2.19. The second-order valence-corrected chi connectivity index (χ2v) is 4.12. The summed E-state index contributed by atoms with van der Waals surface area (Å²) in [5.74, 6) is 1.47. The zero-order valence-corrected chi connectivity index (χ0v) is 9.52. The molecule has 1 aromatic rings. The third kappa shape index (κ3) is 2.17. The third-order valence-electron chi connectivity index (χ3n) is 3.15. The molecule has 1 heterocycles. The lowest BCUT2D eigenvalue weighted by molar-refractivity contribution is 0.371. The van der Waals surface area contributed by atoms with Crippen LogP contribution in [0.15, 0.2) is 24.3 Å². The van der Waals surface area contributed by atoms with Gasteiger partial charge in [-0.05, 0) is 24.6 Å². The van der Waals surface area contributed by atoms with Crippen LogP contribution in [0.4, 0.5) is 0 Å². The van der Waals surface area contributed by atoms with Gasteiger partial charge in [-0.2, -0.15) is 5.26 Å². The number of rotatable bonds is 3. The molecule has 0 saturated carbocycles. The SMILES string of the molecule is COc1ccccc1C1CCN(CC#N)C1. The summed E-state index contributed by atoms with van der Waals surface area (Å²) in [6.45, 7) is 2.51. The summed E-state index contributed by atoms with van der Waals surface area (Å²) < 4.78 is 5.37. The predicted octanol–water partition coefficient (Wildman–Crippen LogP) is 2.01. The van der Waals surface area contributed by atoms with Crippen LogP contribution >= 0.6 is 0 Å². The summed E-state index contributed by atoms with van der Waals surface area (Å²) in [5, 5.41) is 8.67. The number of nitriles is 1. The van der Waals surface area contributed by atoms with Gasteiger partial charge in [0.2, 0.25) is 0 Å². The first-order valence-corrected chi connectivity index (χ1v) is 5.57. The molecule has 0 spiro atoms. The molecular formula is C13H16N2O. The molecule has 1 aromatic carbocycles. The van der Waals surface area contributed by atoms with Crippen molar-refractivity contribution in [2.45, 2.75) is 12.3 Å². The van der Waals surface area contributed by atoms with Crippen molar-refractivity contribution in [3.63, 3.8) is 0 Å². The first-order chi connectivity index (χ1) is 7.85. The molecule has 2 rings (SSSR count). The number of hydrogen-bond donors (Lipinski definition) is 0. The maximum Gasteiger partial charge on any atom is 0.122 e. The van der Waals surface area contributed by atoms with Crippen molar-refractivity contribution in [2.75, 3.05) is 26.7 Å². The standard InChI is InChI=1S/C13H16N2O/c1-16-13-5-3-2-4-12(13)11-6-8-15(10-11)9-7-14/h2-5,11H,6,8-10H2,1H3. The minimum atomic E-state index is 0.504. The van der Waals surface area contributed by atoms with Gasteiger partial charge in [-0.3, -0.25) is 4.90 Å². The summed E-state index contributed by atoms with van der Waals surface area (Å²) in [7, 11) is 1.71. The topological polar surface area (TPSA) is 36.3 Å². The molecule has 0 aromatic heterocycles. The monoisotopic (exact) mass is 216 g/mol. The van der Waals surface area contributed by atoms with E-state index in [-0.39, 0.29) is 0 Å². The fraction of sp³-hybridized carbons (Fsp3) is 0.462. The van der Waals surface area contributed by atoms with Crippen molar-refractivity contribution in [2.24, 2.45) is 0 Å². The average molecular weight is 216 g/mol. The Morgan fingerprint density at radius 3 is 3.06 bits per heavy atom. The van der Waals surface area contributed by atoms with Crippen LogP contribution in [0.25, 0.3) is 0 Å². The zero-order valence-electron chi connectivity index (χ0n) is 9.52. The Labute approximate surface area is 96.2 Å². The number of methoxy groups -OCH3 is 1. The Kier molecular flexibility index (Phi) is 3.43. The number of nitrogens with zero attached hydrogens (tertiary/aromatic N) is 2. The summed E-state index contributed by atoms with van der Waals surface area (Å²) in [6, 6.07) is 10.4. The molecule has 1 aliphatic rings. The van der Waals surface area contributed by atoms with E-state index in [1.165, 1.54) is 5.56 Å². The molecule has 0 amide bonds. The second-order valence-electron chi connectivity index (χ2n) is 4.12. The molecule has 1 aliphatic heterocycles. The van der Waals surface area contributed by atoms with Crippen LogP contribution in [-0.4, -0.2) is 31.6 Å². The molecule has 0 radical (unpaired) electrons. The van der Waals surface area contributed by atoms with Gasteiger partial charge in [0.25, 0.3) is 0 Å². The Morgan fingerprint density at radius 1 is 1.50 bits per heavy atom. The molecule has 3 heteroatoms. The van der Waals surface area contributed by atoms with Crippen LogP contribution in [0.2, 0.25) is 0 Å². The van der Waals surface area contributed by atoms with Crippen LogP contribution < -0.4 is 4.74 Å². The Morgan fingerprint density at radius 2 is 2.31 bits per heavy atom. The van der Waals surface area contributed by atoms with E-state index in [0.29, 0.717) is 12.5 Å². The largest absolute Gasteiger partial charge is 0.496 e. The van der Waals surface area contributed by atoms with Crippen LogP contribution in [0.5, 0.6) is 5.75 Å². The maximum absolute atomic E-state index is 8.67. The molecule has 1 fully saturated rings. The summed E-state index contributed by atoms with van der Waals surface area (Å²) in [6.07, 6.45) is 1.11. The minimum Gasteiger partial charge on any atom is -0.496 e. The van der Waals surface area contributed by atoms with Crippen molar-refractivity contribution >= 4 is 0 Å². The van der Waals surface area contributed by atoms with E-state index in [9.17, 15) is 0 Å². The van der Waals surface area contributed by atoms with Crippen LogP contribution in [0, 0.1) is 11.3 Å². The number of hydrogen-bond acceptors (Lipinski definition) is 3. The maximum atomic E-state index is 8.67. The van der Waals surface area contributed by atoms with E-state index in [1.807, 2.05) is 18.2 Å². The van der Waals surface area contributed by atoms with E-state index >= 15 is 0 Å². The second kappa shape index (κ2) is 5.00. The number of para-hydroxylation sites is 1. The van der Waals surface area contributed by atoms with Gasteiger partial charge in [0.1, 0.15) is 5.75 Å². The van der Waals surface area contributed by atoms with Crippen molar-refractivity contribution in [3.05, 3.63) is 29.8 Å². The molecule has 0 bridgehead atoms. The Hall–Kier alpha value is -1.53. The van der Waals surface area contributed by atoms with Gasteiger partial charge >= 0.3 is 0 Å². The lowest BCUT2D eigenvalue weighted by Crippen LogP contribution is -2.20. The van der Waals surface area contributed by atoms with Crippen LogP contribution in [-0.2, 0) is 0 Å². The first-order valence-electron chi connectivity index (χ1n) is 5.57. The Balaban J connectivity index is 2.11.